The Bertz CT molecular complexity index is 897. The highest BCUT2D eigenvalue weighted by atomic mass is 32.2. The van der Waals surface area contributed by atoms with Gasteiger partial charge in [-0.05, 0) is 50.5 Å². The number of anilines is 1. The van der Waals surface area contributed by atoms with Crippen molar-refractivity contribution in [3.63, 3.8) is 0 Å². The van der Waals surface area contributed by atoms with Crippen LogP contribution in [0, 0.1) is 0 Å². The van der Waals surface area contributed by atoms with Gasteiger partial charge < -0.3 is 19.5 Å². The zero-order valence-corrected chi connectivity index (χ0v) is 18.3. The second kappa shape index (κ2) is 9.71. The number of benzene rings is 1. The van der Waals surface area contributed by atoms with Crippen LogP contribution in [0.3, 0.4) is 0 Å². The first-order chi connectivity index (χ1) is 14.6. The first-order valence-corrected chi connectivity index (χ1v) is 11.8. The van der Waals surface area contributed by atoms with Crippen molar-refractivity contribution >= 4 is 29.3 Å². The number of quaternary nitrogens is 1. The molecule has 0 spiro atoms. The van der Waals surface area contributed by atoms with Crippen molar-refractivity contribution in [3.8, 4) is 0 Å². The number of rotatable bonds is 7. The van der Waals surface area contributed by atoms with E-state index < -0.39 is 0 Å². The third kappa shape index (κ3) is 4.90. The summed E-state index contributed by atoms with van der Waals surface area (Å²) in [4.78, 5) is 29.3. The minimum Gasteiger partial charge on any atom is -0.454 e. The molecule has 2 atom stereocenters. The number of fused-ring (bicyclic) bond motifs is 1. The Hall–Kier alpha value is -2.25. The highest BCUT2D eigenvalue weighted by Crippen LogP contribution is 2.35. The number of amides is 2. The summed E-state index contributed by atoms with van der Waals surface area (Å²) in [6, 6.07) is 12.1. The van der Waals surface area contributed by atoms with Crippen LogP contribution in [-0.2, 0) is 11.3 Å². The lowest BCUT2D eigenvalue weighted by Crippen LogP contribution is -3.16. The molecule has 2 aliphatic rings. The van der Waals surface area contributed by atoms with Gasteiger partial charge in [0.15, 0.2) is 5.76 Å². The molecule has 0 saturated carbocycles. The number of carbonyl (C=O) groups is 2. The third-order valence-corrected chi connectivity index (χ3v) is 7.10. The summed E-state index contributed by atoms with van der Waals surface area (Å²) in [6.45, 7) is 5.65. The lowest BCUT2D eigenvalue weighted by molar-refractivity contribution is -0.928. The molecule has 2 aliphatic heterocycles. The molecule has 1 fully saturated rings. The average molecular weight is 429 g/mol. The van der Waals surface area contributed by atoms with Crippen molar-refractivity contribution < 1.29 is 18.9 Å². The van der Waals surface area contributed by atoms with Crippen molar-refractivity contribution in [2.75, 3.05) is 30.3 Å². The van der Waals surface area contributed by atoms with Crippen LogP contribution in [0.1, 0.15) is 48.9 Å². The van der Waals surface area contributed by atoms with Crippen LogP contribution in [0.5, 0.6) is 0 Å². The maximum absolute atomic E-state index is 12.4. The summed E-state index contributed by atoms with van der Waals surface area (Å²) in [7, 11) is 0. The van der Waals surface area contributed by atoms with Crippen LogP contribution in [0.15, 0.2) is 45.7 Å². The molecular weight excluding hydrogens is 398 g/mol. The molecule has 1 unspecified atom stereocenters. The molecule has 1 aromatic heterocycles. The molecule has 0 bridgehead atoms. The van der Waals surface area contributed by atoms with Crippen LogP contribution in [0.2, 0.25) is 0 Å². The lowest BCUT2D eigenvalue weighted by Gasteiger charge is -2.30. The molecule has 160 valence electrons. The van der Waals surface area contributed by atoms with Gasteiger partial charge in [-0.1, -0.05) is 12.1 Å². The minimum absolute atomic E-state index is 0.0514. The molecule has 0 aliphatic carbocycles. The number of hydrogen-bond donors (Lipinski definition) is 2. The minimum atomic E-state index is -0.191. The Morgan fingerprint density at radius 3 is 3.00 bits per heavy atom. The van der Waals surface area contributed by atoms with Crippen molar-refractivity contribution in [2.45, 2.75) is 50.1 Å². The Morgan fingerprint density at radius 2 is 2.13 bits per heavy atom. The largest absolute Gasteiger partial charge is 0.454 e. The van der Waals surface area contributed by atoms with Gasteiger partial charge in [0.1, 0.15) is 5.76 Å². The van der Waals surface area contributed by atoms with E-state index in [0.29, 0.717) is 30.4 Å². The third-order valence-electron chi connectivity index (χ3n) is 6.05. The molecule has 7 heteroatoms. The van der Waals surface area contributed by atoms with Gasteiger partial charge >= 0.3 is 0 Å². The number of furan rings is 1. The van der Waals surface area contributed by atoms with Crippen LogP contribution >= 0.6 is 11.8 Å². The van der Waals surface area contributed by atoms with E-state index in [1.54, 1.807) is 33.7 Å². The summed E-state index contributed by atoms with van der Waals surface area (Å²) in [5, 5.41) is 2.96. The van der Waals surface area contributed by atoms with E-state index in [1.165, 1.54) is 25.8 Å². The summed E-state index contributed by atoms with van der Waals surface area (Å²) in [5.74, 6) is 1.19. The van der Waals surface area contributed by atoms with E-state index in [4.69, 9.17) is 4.42 Å². The van der Waals surface area contributed by atoms with Gasteiger partial charge in [0.05, 0.1) is 37.1 Å². The van der Waals surface area contributed by atoms with Crippen LogP contribution < -0.4 is 15.1 Å². The van der Waals surface area contributed by atoms with Gasteiger partial charge in [0.2, 0.25) is 5.91 Å². The number of likely N-dealkylation sites (tertiary alicyclic amines) is 1. The standard InChI is InChI=1S/C23H29N3O3S/c1-17-7-4-5-13-25(17)14-6-12-24-23(28)20-11-10-18(29-20)15-26-19-8-2-3-9-21(19)30-16-22(26)27/h2-3,8-11,17H,4-7,12-16H2,1H3,(H,24,28)/p+1/t17-/m0/s1. The van der Waals surface area contributed by atoms with E-state index in [-0.39, 0.29) is 11.8 Å². The number of piperidine rings is 1. The van der Waals surface area contributed by atoms with E-state index in [0.717, 1.165) is 29.6 Å². The van der Waals surface area contributed by atoms with Crippen LogP contribution in [-0.4, -0.2) is 43.2 Å². The smallest absolute Gasteiger partial charge is 0.286 e. The molecule has 1 saturated heterocycles. The zero-order valence-electron chi connectivity index (χ0n) is 17.5. The van der Waals surface area contributed by atoms with Gasteiger partial charge in [-0.2, -0.15) is 0 Å². The molecule has 6 nitrogen and oxygen atoms in total. The number of nitrogens with one attached hydrogen (secondary N) is 2. The fraction of sp³-hybridized carbons (Fsp3) is 0.478. The van der Waals surface area contributed by atoms with Gasteiger partial charge in [0.25, 0.3) is 5.91 Å². The number of hydrogen-bond acceptors (Lipinski definition) is 4. The molecular formula is C23H30N3O3S+. The highest BCUT2D eigenvalue weighted by molar-refractivity contribution is 8.00. The SMILES string of the molecule is C[C@H]1CCCC[NH+]1CCCNC(=O)c1ccc(CN2C(=O)CSc3ccccc32)o1. The monoisotopic (exact) mass is 428 g/mol. The Morgan fingerprint density at radius 1 is 1.27 bits per heavy atom. The van der Waals surface area contributed by atoms with E-state index >= 15 is 0 Å². The van der Waals surface area contributed by atoms with Crippen molar-refractivity contribution in [3.05, 3.63) is 47.9 Å². The van der Waals surface area contributed by atoms with Crippen molar-refractivity contribution in [1.82, 2.24) is 5.32 Å². The highest BCUT2D eigenvalue weighted by Gasteiger charge is 2.26. The lowest BCUT2D eigenvalue weighted by atomic mass is 10.0. The first-order valence-electron chi connectivity index (χ1n) is 10.9. The average Bonchev–Trinajstić information content (AvgIpc) is 3.23. The Balaban J connectivity index is 1.28. The zero-order chi connectivity index (χ0) is 20.9. The molecule has 0 radical (unpaired) electrons. The molecule has 2 N–H and O–H groups in total. The van der Waals surface area contributed by atoms with Crippen molar-refractivity contribution in [2.24, 2.45) is 0 Å². The predicted molar refractivity (Wildman–Crippen MR) is 118 cm³/mol. The van der Waals surface area contributed by atoms with Crippen molar-refractivity contribution in [1.29, 1.82) is 0 Å². The molecule has 2 amide bonds. The Labute approximate surface area is 182 Å². The van der Waals surface area contributed by atoms with Gasteiger partial charge in [0, 0.05) is 17.9 Å². The predicted octanol–water partition coefficient (Wildman–Crippen LogP) is 2.50. The number of thioether (sulfide) groups is 1. The summed E-state index contributed by atoms with van der Waals surface area (Å²) in [5.41, 5.74) is 0.899. The number of para-hydroxylation sites is 1. The van der Waals surface area contributed by atoms with Crippen LogP contribution in [0.25, 0.3) is 0 Å². The van der Waals surface area contributed by atoms with E-state index in [9.17, 15) is 9.59 Å². The Kier molecular flexibility index (Phi) is 6.79. The fourth-order valence-corrected chi connectivity index (χ4v) is 5.23. The number of carbonyl (C=O) groups excluding carboxylic acids is 2. The topological polar surface area (TPSA) is 67.0 Å². The van der Waals surface area contributed by atoms with E-state index in [2.05, 4.69) is 12.2 Å². The maximum Gasteiger partial charge on any atom is 0.286 e. The second-order valence-corrected chi connectivity index (χ2v) is 9.18. The maximum atomic E-state index is 12.4. The second-order valence-electron chi connectivity index (χ2n) is 8.17. The molecule has 3 heterocycles. The molecule has 2 aromatic rings. The molecule has 1 aromatic carbocycles. The van der Waals surface area contributed by atoms with E-state index in [1.807, 2.05) is 24.3 Å². The van der Waals surface area contributed by atoms with Gasteiger partial charge in [-0.25, -0.2) is 0 Å². The summed E-state index contributed by atoms with van der Waals surface area (Å²) < 4.78 is 5.76. The quantitative estimate of drug-likeness (QED) is 0.665. The van der Waals surface area contributed by atoms with Crippen LogP contribution in [0.4, 0.5) is 5.69 Å². The number of nitrogens with zero attached hydrogens (tertiary/aromatic N) is 1. The van der Waals surface area contributed by atoms with Gasteiger partial charge in [-0.15, -0.1) is 11.8 Å². The fourth-order valence-electron chi connectivity index (χ4n) is 4.30. The normalized spacial score (nSPS) is 21.4. The molecule has 30 heavy (non-hydrogen) atoms. The summed E-state index contributed by atoms with van der Waals surface area (Å²) in [6.07, 6.45) is 4.93. The first kappa shape index (κ1) is 21.0. The molecule has 4 rings (SSSR count). The summed E-state index contributed by atoms with van der Waals surface area (Å²) >= 11 is 1.55. The van der Waals surface area contributed by atoms with Gasteiger partial charge in [-0.3, -0.25) is 9.59 Å².